The Morgan fingerprint density at radius 3 is 2.45 bits per heavy atom. The molecule has 0 radical (unpaired) electrons. The third kappa shape index (κ3) is 6.48. The van der Waals surface area contributed by atoms with Crippen molar-refractivity contribution in [2.75, 3.05) is 23.9 Å². The molecule has 0 unspecified atom stereocenters. The van der Waals surface area contributed by atoms with Gasteiger partial charge < -0.3 is 15.2 Å². The molecule has 1 heterocycles. The molecule has 0 spiro atoms. The molecule has 0 atom stereocenters. The number of hydrogen-bond acceptors (Lipinski definition) is 8. The molecule has 1 aromatic rings. The van der Waals surface area contributed by atoms with Crippen LogP contribution in [0.1, 0.15) is 39.5 Å². The number of aromatic nitrogens is 3. The number of nitrogen functional groups attached to an aromatic ring is 1. The van der Waals surface area contributed by atoms with E-state index in [1.165, 1.54) is 0 Å². The summed E-state index contributed by atoms with van der Waals surface area (Å²) in [6.07, 6.45) is 3.88. The summed E-state index contributed by atoms with van der Waals surface area (Å²) in [4.78, 5) is 12.3. The topological polar surface area (TPSA) is 118 Å². The lowest BCUT2D eigenvalue weighted by Gasteiger charge is -2.11. The molecule has 0 aromatic carbocycles. The summed E-state index contributed by atoms with van der Waals surface area (Å²) in [5, 5.41) is 11.8. The van der Waals surface area contributed by atoms with Crippen LogP contribution in [0.2, 0.25) is 0 Å². The lowest BCUT2D eigenvalue weighted by Crippen LogP contribution is -2.16. The largest absolute Gasteiger partial charge is 0.461 e. The maximum Gasteiger partial charge on any atom is 0.323 e. The summed E-state index contributed by atoms with van der Waals surface area (Å²) in [6, 6.07) is 0.241. The average molecular weight is 284 g/mol. The zero-order valence-corrected chi connectivity index (χ0v) is 12.1. The first-order chi connectivity index (χ1) is 9.65. The summed E-state index contributed by atoms with van der Waals surface area (Å²) in [6.45, 7) is 4.80. The Labute approximate surface area is 119 Å². The molecule has 114 valence electrons. The molecule has 1 aromatic heterocycles. The summed E-state index contributed by atoms with van der Waals surface area (Å²) < 4.78 is 5.43. The molecule has 0 aliphatic carbocycles. The summed E-state index contributed by atoms with van der Waals surface area (Å²) in [7, 11) is 0. The molecule has 0 bridgehead atoms. The minimum absolute atomic E-state index is 0.0191. The van der Waals surface area contributed by atoms with E-state index in [0.717, 1.165) is 32.2 Å². The Morgan fingerprint density at radius 2 is 1.80 bits per heavy atom. The van der Waals surface area contributed by atoms with E-state index in [-0.39, 0.29) is 24.7 Å². The van der Waals surface area contributed by atoms with Gasteiger partial charge in [0.05, 0.1) is 6.10 Å². The number of nitrogens with one attached hydrogen (secondary N) is 2. The molecule has 0 saturated carbocycles. The van der Waals surface area contributed by atoms with Crippen LogP contribution in [0.3, 0.4) is 0 Å². The minimum atomic E-state index is -0.0191. The Kier molecular flexibility index (Phi) is 7.59. The minimum Gasteiger partial charge on any atom is -0.461 e. The molecule has 0 aliphatic rings. The Morgan fingerprint density at radius 1 is 1.10 bits per heavy atom. The normalized spacial score (nSPS) is 10.7. The number of anilines is 2. The van der Waals surface area contributed by atoms with Crippen molar-refractivity contribution in [1.29, 1.82) is 0 Å². The Balaban J connectivity index is 2.47. The van der Waals surface area contributed by atoms with Crippen LogP contribution in [0, 0.1) is 0 Å². The van der Waals surface area contributed by atoms with Crippen LogP contribution in [0.5, 0.6) is 6.01 Å². The first-order valence-corrected chi connectivity index (χ1v) is 6.89. The van der Waals surface area contributed by atoms with Crippen LogP contribution in [0.4, 0.5) is 11.9 Å². The third-order valence-electron chi connectivity index (χ3n) is 2.45. The Bertz CT molecular complexity index is 388. The maximum absolute atomic E-state index is 8.69. The van der Waals surface area contributed by atoms with Crippen LogP contribution in [0.25, 0.3) is 0 Å². The summed E-state index contributed by atoms with van der Waals surface area (Å²) in [5.74, 6) is 6.02. The van der Waals surface area contributed by atoms with Crippen molar-refractivity contribution < 1.29 is 9.84 Å². The lowest BCUT2D eigenvalue weighted by atomic mass is 10.2. The van der Waals surface area contributed by atoms with Gasteiger partial charge in [-0.05, 0) is 26.7 Å². The number of hydrogen-bond donors (Lipinski definition) is 4. The van der Waals surface area contributed by atoms with Gasteiger partial charge in [-0.25, -0.2) is 5.84 Å². The molecule has 0 amide bonds. The van der Waals surface area contributed by atoms with Crippen molar-refractivity contribution in [3.05, 3.63) is 0 Å². The van der Waals surface area contributed by atoms with Gasteiger partial charge in [-0.1, -0.05) is 12.8 Å². The highest BCUT2D eigenvalue weighted by atomic mass is 16.5. The SMILES string of the molecule is CC(C)Oc1nc(NN)nc(NCCCCCCO)n1. The summed E-state index contributed by atoms with van der Waals surface area (Å²) >= 11 is 0. The van der Waals surface area contributed by atoms with E-state index >= 15 is 0 Å². The number of hydrazine groups is 1. The van der Waals surface area contributed by atoms with Crippen molar-refractivity contribution in [3.63, 3.8) is 0 Å². The molecular weight excluding hydrogens is 260 g/mol. The fourth-order valence-electron chi connectivity index (χ4n) is 1.55. The maximum atomic E-state index is 8.69. The predicted molar refractivity (Wildman–Crippen MR) is 77.4 cm³/mol. The van der Waals surface area contributed by atoms with E-state index in [1.807, 2.05) is 13.8 Å². The van der Waals surface area contributed by atoms with Crippen LogP contribution >= 0.6 is 0 Å². The number of aliphatic hydroxyl groups is 1. The highest BCUT2D eigenvalue weighted by Gasteiger charge is 2.07. The third-order valence-corrected chi connectivity index (χ3v) is 2.45. The number of ether oxygens (including phenoxy) is 1. The molecular formula is C12H24N6O2. The quantitative estimate of drug-likeness (QED) is 0.284. The first-order valence-electron chi connectivity index (χ1n) is 6.89. The van der Waals surface area contributed by atoms with E-state index in [9.17, 15) is 0 Å². The summed E-state index contributed by atoms with van der Waals surface area (Å²) in [5.41, 5.74) is 2.39. The first kappa shape index (κ1) is 16.4. The van der Waals surface area contributed by atoms with Crippen LogP contribution in [-0.2, 0) is 0 Å². The highest BCUT2D eigenvalue weighted by Crippen LogP contribution is 2.12. The van der Waals surface area contributed by atoms with Crippen LogP contribution < -0.4 is 21.3 Å². The zero-order chi connectivity index (χ0) is 14.8. The lowest BCUT2D eigenvalue weighted by molar-refractivity contribution is 0.222. The van der Waals surface area contributed by atoms with E-state index in [0.29, 0.717) is 5.95 Å². The molecule has 20 heavy (non-hydrogen) atoms. The van der Waals surface area contributed by atoms with E-state index in [4.69, 9.17) is 15.7 Å². The number of aliphatic hydroxyl groups excluding tert-OH is 1. The molecule has 8 heteroatoms. The number of unbranched alkanes of at least 4 members (excludes halogenated alkanes) is 3. The van der Waals surface area contributed by atoms with E-state index in [1.54, 1.807) is 0 Å². The van der Waals surface area contributed by atoms with Gasteiger partial charge >= 0.3 is 6.01 Å². The van der Waals surface area contributed by atoms with Crippen molar-refractivity contribution in [2.24, 2.45) is 5.84 Å². The molecule has 0 fully saturated rings. The van der Waals surface area contributed by atoms with Gasteiger partial charge in [0.1, 0.15) is 0 Å². The fraction of sp³-hybridized carbons (Fsp3) is 0.750. The molecule has 0 aliphatic heterocycles. The van der Waals surface area contributed by atoms with E-state index < -0.39 is 0 Å². The average Bonchev–Trinajstić information content (AvgIpc) is 2.41. The Hall–Kier alpha value is -1.67. The molecule has 1 rings (SSSR count). The second kappa shape index (κ2) is 9.27. The monoisotopic (exact) mass is 284 g/mol. The second-order valence-electron chi connectivity index (χ2n) is 4.64. The number of nitrogens with zero attached hydrogens (tertiary/aromatic N) is 3. The number of rotatable bonds is 10. The van der Waals surface area contributed by atoms with Gasteiger partial charge in [0.15, 0.2) is 0 Å². The van der Waals surface area contributed by atoms with Gasteiger partial charge in [-0.15, -0.1) is 0 Å². The smallest absolute Gasteiger partial charge is 0.323 e. The van der Waals surface area contributed by atoms with Crippen LogP contribution in [0.15, 0.2) is 0 Å². The van der Waals surface area contributed by atoms with Gasteiger partial charge in [0.2, 0.25) is 11.9 Å². The van der Waals surface area contributed by atoms with Gasteiger partial charge in [-0.3, -0.25) is 5.43 Å². The second-order valence-corrected chi connectivity index (χ2v) is 4.64. The van der Waals surface area contributed by atoms with Gasteiger partial charge in [-0.2, -0.15) is 15.0 Å². The standard InChI is InChI=1S/C12H24N6O2/c1-9(2)20-12-16-10(15-11(17-12)18-13)14-7-5-3-4-6-8-19/h9,19H,3-8,13H2,1-2H3,(H2,14,15,16,17,18). The highest BCUT2D eigenvalue weighted by molar-refractivity contribution is 5.34. The predicted octanol–water partition coefficient (Wildman–Crippen LogP) is 0.909. The van der Waals surface area contributed by atoms with Crippen molar-refractivity contribution in [3.8, 4) is 6.01 Å². The van der Waals surface area contributed by atoms with Gasteiger partial charge in [0.25, 0.3) is 0 Å². The molecule has 8 nitrogen and oxygen atoms in total. The molecule has 5 N–H and O–H groups in total. The van der Waals surface area contributed by atoms with Gasteiger partial charge in [0, 0.05) is 13.2 Å². The van der Waals surface area contributed by atoms with Crippen molar-refractivity contribution in [1.82, 2.24) is 15.0 Å². The fourth-order valence-corrected chi connectivity index (χ4v) is 1.55. The number of nitrogens with two attached hydrogens (primary N) is 1. The van der Waals surface area contributed by atoms with Crippen molar-refractivity contribution >= 4 is 11.9 Å². The van der Waals surface area contributed by atoms with Crippen LogP contribution in [-0.4, -0.2) is 39.3 Å². The van der Waals surface area contributed by atoms with Crippen molar-refractivity contribution in [2.45, 2.75) is 45.6 Å². The molecule has 0 saturated heterocycles. The van der Waals surface area contributed by atoms with E-state index in [2.05, 4.69) is 25.7 Å². The zero-order valence-electron chi connectivity index (χ0n) is 12.1.